The summed E-state index contributed by atoms with van der Waals surface area (Å²) in [6, 6.07) is 4.80. The number of carboxylic acids is 1. The Kier molecular flexibility index (Phi) is 6.61. The third kappa shape index (κ3) is 5.77. The monoisotopic (exact) mass is 281 g/mol. The number of amides is 1. The fourth-order valence-electron chi connectivity index (χ4n) is 1.61. The molecule has 7 nitrogen and oxygen atoms in total. The molecule has 7 heteroatoms. The molecule has 0 spiro atoms. The molecule has 1 aromatic rings. The van der Waals surface area contributed by atoms with E-state index in [1.807, 2.05) is 0 Å². The highest BCUT2D eigenvalue weighted by molar-refractivity contribution is 5.85. The van der Waals surface area contributed by atoms with Crippen LogP contribution in [0, 0.1) is 0 Å². The Morgan fingerprint density at radius 2 is 2.20 bits per heavy atom. The minimum Gasteiger partial charge on any atom is -0.477 e. The zero-order chi connectivity index (χ0) is 15.0. The molecule has 20 heavy (non-hydrogen) atoms. The molecule has 2 N–H and O–H groups in total. The smallest absolute Gasteiger partial charge is 0.354 e. The van der Waals surface area contributed by atoms with Gasteiger partial charge in [0.2, 0.25) is 5.91 Å². The first-order valence-corrected chi connectivity index (χ1v) is 6.16. The molecule has 0 saturated heterocycles. The van der Waals surface area contributed by atoms with E-state index in [0.717, 1.165) is 0 Å². The van der Waals surface area contributed by atoms with E-state index in [4.69, 9.17) is 9.84 Å². The molecule has 0 aliphatic carbocycles. The van der Waals surface area contributed by atoms with Crippen LogP contribution in [0.4, 0.5) is 0 Å². The van der Waals surface area contributed by atoms with Crippen LogP contribution in [0.3, 0.4) is 0 Å². The highest BCUT2D eigenvalue weighted by Gasteiger charge is 2.09. The summed E-state index contributed by atoms with van der Waals surface area (Å²) in [6.07, 6.45) is 0. The molecule has 0 aromatic carbocycles. The normalized spacial score (nSPS) is 10.6. The number of rotatable bonds is 8. The molecule has 0 fully saturated rings. The Morgan fingerprint density at radius 1 is 1.45 bits per heavy atom. The van der Waals surface area contributed by atoms with Gasteiger partial charge >= 0.3 is 5.97 Å². The lowest BCUT2D eigenvalue weighted by molar-refractivity contribution is -0.122. The lowest BCUT2D eigenvalue weighted by Gasteiger charge is -2.15. The van der Waals surface area contributed by atoms with E-state index < -0.39 is 5.97 Å². The van der Waals surface area contributed by atoms with Gasteiger partial charge in [-0.1, -0.05) is 6.07 Å². The van der Waals surface area contributed by atoms with E-state index >= 15 is 0 Å². The van der Waals surface area contributed by atoms with Gasteiger partial charge in [0.15, 0.2) is 0 Å². The van der Waals surface area contributed by atoms with E-state index in [2.05, 4.69) is 10.3 Å². The lowest BCUT2D eigenvalue weighted by atomic mass is 10.3. The Balaban J connectivity index is 2.45. The molecule has 1 heterocycles. The third-order valence-corrected chi connectivity index (χ3v) is 2.50. The van der Waals surface area contributed by atoms with Gasteiger partial charge in [-0.2, -0.15) is 0 Å². The minimum atomic E-state index is -1.06. The Labute approximate surface area is 117 Å². The number of hydrogen-bond acceptors (Lipinski definition) is 5. The Bertz CT molecular complexity index is 465. The van der Waals surface area contributed by atoms with Crippen molar-refractivity contribution in [2.75, 3.05) is 33.9 Å². The van der Waals surface area contributed by atoms with Crippen LogP contribution in [0.5, 0.6) is 0 Å². The summed E-state index contributed by atoms with van der Waals surface area (Å²) >= 11 is 0. The van der Waals surface area contributed by atoms with Gasteiger partial charge in [0, 0.05) is 20.2 Å². The van der Waals surface area contributed by atoms with Crippen LogP contribution < -0.4 is 5.32 Å². The first-order chi connectivity index (χ1) is 9.52. The van der Waals surface area contributed by atoms with Crippen molar-refractivity contribution in [3.8, 4) is 0 Å². The van der Waals surface area contributed by atoms with Crippen LogP contribution in [0.2, 0.25) is 0 Å². The summed E-state index contributed by atoms with van der Waals surface area (Å²) in [4.78, 5) is 28.1. The molecule has 1 aromatic heterocycles. The number of carbonyl (C=O) groups excluding carboxylic acids is 1. The Morgan fingerprint density at radius 3 is 2.85 bits per heavy atom. The maximum atomic E-state index is 11.6. The van der Waals surface area contributed by atoms with Crippen LogP contribution in [0.15, 0.2) is 18.2 Å². The van der Waals surface area contributed by atoms with Crippen LogP contribution in [-0.4, -0.2) is 60.7 Å². The highest BCUT2D eigenvalue weighted by Crippen LogP contribution is 2.02. The summed E-state index contributed by atoms with van der Waals surface area (Å²) in [6.45, 7) is 1.55. The van der Waals surface area contributed by atoms with E-state index in [-0.39, 0.29) is 18.1 Å². The number of ether oxygens (including phenoxy) is 1. The first-order valence-electron chi connectivity index (χ1n) is 6.16. The molecule has 0 saturated carbocycles. The fourth-order valence-corrected chi connectivity index (χ4v) is 1.61. The van der Waals surface area contributed by atoms with Gasteiger partial charge < -0.3 is 15.2 Å². The predicted molar refractivity (Wildman–Crippen MR) is 72.4 cm³/mol. The van der Waals surface area contributed by atoms with Crippen molar-refractivity contribution in [3.05, 3.63) is 29.6 Å². The summed E-state index contributed by atoms with van der Waals surface area (Å²) in [5.41, 5.74) is 0.609. The van der Waals surface area contributed by atoms with Crippen molar-refractivity contribution in [1.29, 1.82) is 0 Å². The zero-order valence-corrected chi connectivity index (χ0v) is 11.6. The van der Waals surface area contributed by atoms with Crippen LogP contribution in [0.25, 0.3) is 0 Å². The maximum Gasteiger partial charge on any atom is 0.354 e. The van der Waals surface area contributed by atoms with Crippen LogP contribution in [-0.2, 0) is 16.1 Å². The van der Waals surface area contributed by atoms with E-state index in [9.17, 15) is 9.59 Å². The number of carboxylic acid groups (broad SMARTS) is 1. The van der Waals surface area contributed by atoms with Gasteiger partial charge in [-0.15, -0.1) is 0 Å². The lowest BCUT2D eigenvalue weighted by Crippen LogP contribution is -2.36. The second kappa shape index (κ2) is 8.23. The van der Waals surface area contributed by atoms with Crippen molar-refractivity contribution < 1.29 is 19.4 Å². The van der Waals surface area contributed by atoms with Crippen molar-refractivity contribution >= 4 is 11.9 Å². The Hall–Kier alpha value is -1.99. The van der Waals surface area contributed by atoms with Gasteiger partial charge in [0.05, 0.1) is 18.8 Å². The number of aromatic carboxylic acids is 1. The van der Waals surface area contributed by atoms with E-state index in [1.54, 1.807) is 31.2 Å². The molecule has 0 radical (unpaired) electrons. The van der Waals surface area contributed by atoms with Crippen molar-refractivity contribution in [3.63, 3.8) is 0 Å². The average Bonchev–Trinajstić information content (AvgIpc) is 2.39. The van der Waals surface area contributed by atoms with Crippen LogP contribution >= 0.6 is 0 Å². The fraction of sp³-hybridized carbons (Fsp3) is 0.462. The third-order valence-electron chi connectivity index (χ3n) is 2.50. The van der Waals surface area contributed by atoms with Crippen molar-refractivity contribution in [1.82, 2.24) is 15.2 Å². The molecule has 0 aliphatic heterocycles. The number of hydrogen-bond donors (Lipinski definition) is 2. The number of nitrogens with one attached hydrogen (secondary N) is 1. The largest absolute Gasteiger partial charge is 0.477 e. The predicted octanol–water partition coefficient (Wildman–Crippen LogP) is -0.0258. The van der Waals surface area contributed by atoms with Crippen molar-refractivity contribution in [2.24, 2.45) is 0 Å². The van der Waals surface area contributed by atoms with Crippen LogP contribution in [0.1, 0.15) is 16.2 Å². The number of likely N-dealkylation sites (N-methyl/N-ethyl adjacent to an activating group) is 1. The summed E-state index contributed by atoms with van der Waals surface area (Å²) in [5, 5.41) is 11.6. The SMILES string of the molecule is COCCNC(=O)CN(C)Cc1cccc(C(=O)O)n1. The molecular formula is C13H19N3O4. The summed E-state index contributed by atoms with van der Waals surface area (Å²) in [7, 11) is 3.34. The number of pyridine rings is 1. The minimum absolute atomic E-state index is 0.000413. The molecule has 0 bridgehead atoms. The quantitative estimate of drug-likeness (QED) is 0.650. The van der Waals surface area contributed by atoms with Gasteiger partial charge in [-0.05, 0) is 19.2 Å². The number of carbonyl (C=O) groups is 2. The standard InChI is InChI=1S/C13H19N3O4/c1-16(9-12(17)14-6-7-20-2)8-10-4-3-5-11(15-10)13(18)19/h3-5H,6-9H2,1-2H3,(H,14,17)(H,18,19). The summed E-state index contributed by atoms with van der Waals surface area (Å²) < 4.78 is 4.83. The maximum absolute atomic E-state index is 11.6. The average molecular weight is 281 g/mol. The van der Waals surface area contributed by atoms with Gasteiger partial charge in [-0.25, -0.2) is 9.78 Å². The molecule has 1 rings (SSSR count). The van der Waals surface area contributed by atoms with E-state index in [0.29, 0.717) is 25.4 Å². The zero-order valence-electron chi connectivity index (χ0n) is 11.6. The second-order valence-corrected chi connectivity index (χ2v) is 4.33. The molecule has 0 unspecified atom stereocenters. The highest BCUT2D eigenvalue weighted by atomic mass is 16.5. The molecule has 110 valence electrons. The molecular weight excluding hydrogens is 262 g/mol. The topological polar surface area (TPSA) is 91.8 Å². The van der Waals surface area contributed by atoms with Gasteiger partial charge in [-0.3, -0.25) is 9.69 Å². The molecule has 0 atom stereocenters. The first kappa shape index (κ1) is 16.1. The van der Waals surface area contributed by atoms with Gasteiger partial charge in [0.25, 0.3) is 0 Å². The summed E-state index contributed by atoms with van der Waals surface area (Å²) in [5.74, 6) is -1.18. The number of aromatic nitrogens is 1. The molecule has 1 amide bonds. The molecule has 0 aliphatic rings. The van der Waals surface area contributed by atoms with Gasteiger partial charge in [0.1, 0.15) is 5.69 Å². The van der Waals surface area contributed by atoms with E-state index in [1.165, 1.54) is 6.07 Å². The number of nitrogens with zero attached hydrogens (tertiary/aromatic N) is 2. The van der Waals surface area contributed by atoms with Crippen molar-refractivity contribution in [2.45, 2.75) is 6.54 Å². The number of methoxy groups -OCH3 is 1. The second-order valence-electron chi connectivity index (χ2n) is 4.33.